The van der Waals surface area contributed by atoms with E-state index in [-0.39, 0.29) is 0 Å². The molecule has 2 N–H and O–H groups in total. The standard InChI is InChI=1S/C15H13N3/c1-10-6-2-3-7-11(10)14-15(16)18-13-9-5-4-8-12(13)17-14/h2-9H,1H3,(H2,16,18). The van der Waals surface area contributed by atoms with Crippen molar-refractivity contribution in [3.63, 3.8) is 0 Å². The number of nitrogens with zero attached hydrogens (tertiary/aromatic N) is 2. The Balaban J connectivity index is 2.30. The Kier molecular flexibility index (Phi) is 2.45. The number of fused-ring (bicyclic) bond motifs is 1. The van der Waals surface area contributed by atoms with Gasteiger partial charge < -0.3 is 5.73 Å². The molecule has 0 aliphatic rings. The molecule has 2 aromatic carbocycles. The van der Waals surface area contributed by atoms with Crippen molar-refractivity contribution in [3.05, 3.63) is 54.1 Å². The fourth-order valence-electron chi connectivity index (χ4n) is 2.05. The van der Waals surface area contributed by atoms with Gasteiger partial charge >= 0.3 is 0 Å². The van der Waals surface area contributed by atoms with Crippen LogP contribution in [0.1, 0.15) is 5.56 Å². The van der Waals surface area contributed by atoms with Crippen LogP contribution in [0.15, 0.2) is 48.5 Å². The number of nitrogens with two attached hydrogens (primary N) is 1. The first kappa shape index (κ1) is 10.7. The molecule has 3 nitrogen and oxygen atoms in total. The number of rotatable bonds is 1. The van der Waals surface area contributed by atoms with Gasteiger partial charge in [-0.25, -0.2) is 9.97 Å². The normalized spacial score (nSPS) is 10.7. The van der Waals surface area contributed by atoms with Crippen LogP contribution in [-0.4, -0.2) is 9.97 Å². The van der Waals surface area contributed by atoms with E-state index in [1.807, 2.05) is 55.5 Å². The second-order valence-electron chi connectivity index (χ2n) is 4.26. The van der Waals surface area contributed by atoms with Gasteiger partial charge in [-0.3, -0.25) is 0 Å². The number of nitrogen functional groups attached to an aromatic ring is 1. The lowest BCUT2D eigenvalue weighted by Gasteiger charge is -2.08. The molecular formula is C15H13N3. The average Bonchev–Trinajstić information content (AvgIpc) is 2.39. The summed E-state index contributed by atoms with van der Waals surface area (Å²) in [6.07, 6.45) is 0. The summed E-state index contributed by atoms with van der Waals surface area (Å²) >= 11 is 0. The van der Waals surface area contributed by atoms with Crippen molar-refractivity contribution in [3.8, 4) is 11.3 Å². The molecule has 0 fully saturated rings. The summed E-state index contributed by atoms with van der Waals surface area (Å²) in [7, 11) is 0. The topological polar surface area (TPSA) is 51.8 Å². The van der Waals surface area contributed by atoms with Gasteiger partial charge in [0.15, 0.2) is 5.82 Å². The minimum Gasteiger partial charge on any atom is -0.382 e. The molecule has 0 amide bonds. The van der Waals surface area contributed by atoms with Crippen LogP contribution < -0.4 is 5.73 Å². The Morgan fingerprint density at radius 2 is 1.44 bits per heavy atom. The van der Waals surface area contributed by atoms with E-state index in [0.29, 0.717) is 5.82 Å². The molecule has 3 aromatic rings. The minimum absolute atomic E-state index is 0.475. The molecule has 3 heteroatoms. The smallest absolute Gasteiger partial charge is 0.150 e. The van der Waals surface area contributed by atoms with Gasteiger partial charge in [0, 0.05) is 5.56 Å². The molecule has 88 valence electrons. The molecule has 1 heterocycles. The molecular weight excluding hydrogens is 222 g/mol. The molecule has 0 aliphatic carbocycles. The van der Waals surface area contributed by atoms with Gasteiger partial charge in [0.2, 0.25) is 0 Å². The number of aryl methyl sites for hydroxylation is 1. The van der Waals surface area contributed by atoms with E-state index < -0.39 is 0 Å². The molecule has 3 rings (SSSR count). The third-order valence-corrected chi connectivity index (χ3v) is 3.00. The zero-order valence-corrected chi connectivity index (χ0v) is 10.1. The quantitative estimate of drug-likeness (QED) is 0.704. The number of benzene rings is 2. The van der Waals surface area contributed by atoms with E-state index in [2.05, 4.69) is 9.97 Å². The number of anilines is 1. The molecule has 0 unspecified atom stereocenters. The molecule has 0 spiro atoms. The van der Waals surface area contributed by atoms with E-state index in [4.69, 9.17) is 5.73 Å². The summed E-state index contributed by atoms with van der Waals surface area (Å²) in [5, 5.41) is 0. The Labute approximate surface area is 105 Å². The fourth-order valence-corrected chi connectivity index (χ4v) is 2.05. The summed E-state index contributed by atoms with van der Waals surface area (Å²) < 4.78 is 0. The first-order valence-corrected chi connectivity index (χ1v) is 5.84. The molecule has 0 bridgehead atoms. The maximum Gasteiger partial charge on any atom is 0.150 e. The second kappa shape index (κ2) is 4.11. The van der Waals surface area contributed by atoms with Gasteiger partial charge in [-0.1, -0.05) is 36.4 Å². The highest BCUT2D eigenvalue weighted by Gasteiger charge is 2.09. The Morgan fingerprint density at radius 1 is 0.833 bits per heavy atom. The van der Waals surface area contributed by atoms with E-state index in [1.54, 1.807) is 0 Å². The van der Waals surface area contributed by atoms with Gasteiger partial charge in [0.25, 0.3) is 0 Å². The van der Waals surface area contributed by atoms with Gasteiger partial charge in [0.1, 0.15) is 5.69 Å². The van der Waals surface area contributed by atoms with Crippen LogP contribution >= 0.6 is 0 Å². The van der Waals surface area contributed by atoms with Crippen LogP contribution in [0.4, 0.5) is 5.82 Å². The lowest BCUT2D eigenvalue weighted by molar-refractivity contribution is 1.29. The molecule has 0 radical (unpaired) electrons. The lowest BCUT2D eigenvalue weighted by atomic mass is 10.1. The SMILES string of the molecule is Cc1ccccc1-c1nc2ccccc2nc1N. The van der Waals surface area contributed by atoms with Crippen LogP contribution in [0, 0.1) is 6.92 Å². The molecule has 18 heavy (non-hydrogen) atoms. The Morgan fingerprint density at radius 3 is 2.17 bits per heavy atom. The van der Waals surface area contributed by atoms with Crippen molar-refractivity contribution in [2.75, 3.05) is 5.73 Å². The van der Waals surface area contributed by atoms with Crippen molar-refractivity contribution in [1.29, 1.82) is 0 Å². The third-order valence-electron chi connectivity index (χ3n) is 3.00. The van der Waals surface area contributed by atoms with E-state index in [0.717, 1.165) is 27.9 Å². The highest BCUT2D eigenvalue weighted by atomic mass is 14.9. The average molecular weight is 235 g/mol. The second-order valence-corrected chi connectivity index (χ2v) is 4.26. The van der Waals surface area contributed by atoms with Crippen LogP contribution in [0.3, 0.4) is 0 Å². The zero-order chi connectivity index (χ0) is 12.5. The van der Waals surface area contributed by atoms with Crippen molar-refractivity contribution < 1.29 is 0 Å². The van der Waals surface area contributed by atoms with Crippen molar-refractivity contribution in [1.82, 2.24) is 9.97 Å². The predicted molar refractivity (Wildman–Crippen MR) is 74.1 cm³/mol. The maximum absolute atomic E-state index is 6.01. The summed E-state index contributed by atoms with van der Waals surface area (Å²) in [5.74, 6) is 0.475. The van der Waals surface area contributed by atoms with Gasteiger partial charge in [-0.2, -0.15) is 0 Å². The first-order valence-electron chi connectivity index (χ1n) is 5.84. The largest absolute Gasteiger partial charge is 0.382 e. The summed E-state index contributed by atoms with van der Waals surface area (Å²) in [6.45, 7) is 2.05. The zero-order valence-electron chi connectivity index (χ0n) is 10.1. The van der Waals surface area contributed by atoms with Crippen LogP contribution in [0.5, 0.6) is 0 Å². The highest BCUT2D eigenvalue weighted by Crippen LogP contribution is 2.27. The van der Waals surface area contributed by atoms with Gasteiger partial charge in [-0.05, 0) is 24.6 Å². The van der Waals surface area contributed by atoms with Gasteiger partial charge in [0.05, 0.1) is 11.0 Å². The van der Waals surface area contributed by atoms with Crippen LogP contribution in [0.25, 0.3) is 22.3 Å². The third kappa shape index (κ3) is 1.70. The number of aromatic nitrogens is 2. The Hall–Kier alpha value is -2.42. The van der Waals surface area contributed by atoms with Gasteiger partial charge in [-0.15, -0.1) is 0 Å². The summed E-state index contributed by atoms with van der Waals surface area (Å²) in [4.78, 5) is 9.03. The van der Waals surface area contributed by atoms with E-state index >= 15 is 0 Å². The number of para-hydroxylation sites is 2. The molecule has 0 aliphatic heterocycles. The van der Waals surface area contributed by atoms with Crippen molar-refractivity contribution >= 4 is 16.9 Å². The first-order chi connectivity index (χ1) is 8.75. The van der Waals surface area contributed by atoms with Crippen LogP contribution in [0.2, 0.25) is 0 Å². The van der Waals surface area contributed by atoms with Crippen molar-refractivity contribution in [2.45, 2.75) is 6.92 Å². The lowest BCUT2D eigenvalue weighted by Crippen LogP contribution is -1.99. The predicted octanol–water partition coefficient (Wildman–Crippen LogP) is 3.19. The highest BCUT2D eigenvalue weighted by molar-refractivity contribution is 5.83. The number of hydrogen-bond donors (Lipinski definition) is 1. The molecule has 0 saturated carbocycles. The van der Waals surface area contributed by atoms with E-state index in [1.165, 1.54) is 0 Å². The summed E-state index contributed by atoms with van der Waals surface area (Å²) in [5.41, 5.74) is 10.6. The Bertz CT molecular complexity index is 720. The van der Waals surface area contributed by atoms with Crippen molar-refractivity contribution in [2.24, 2.45) is 0 Å². The molecule has 0 saturated heterocycles. The number of hydrogen-bond acceptors (Lipinski definition) is 3. The maximum atomic E-state index is 6.01. The monoisotopic (exact) mass is 235 g/mol. The minimum atomic E-state index is 0.475. The molecule has 0 atom stereocenters. The van der Waals surface area contributed by atoms with E-state index in [9.17, 15) is 0 Å². The fraction of sp³-hybridized carbons (Fsp3) is 0.0667. The van der Waals surface area contributed by atoms with Crippen LogP contribution in [-0.2, 0) is 0 Å². The molecule has 1 aromatic heterocycles. The summed E-state index contributed by atoms with van der Waals surface area (Å²) in [6, 6.07) is 15.8.